The molecule has 0 saturated heterocycles. The van der Waals surface area contributed by atoms with Crippen molar-refractivity contribution in [3.05, 3.63) is 29.3 Å². The van der Waals surface area contributed by atoms with Gasteiger partial charge >= 0.3 is 5.97 Å². The summed E-state index contributed by atoms with van der Waals surface area (Å²) in [6.45, 7) is 3.83. The number of aromatic carboxylic acids is 1. The summed E-state index contributed by atoms with van der Waals surface area (Å²) in [6.07, 6.45) is 0.850. The zero-order valence-corrected chi connectivity index (χ0v) is 11.9. The lowest BCUT2D eigenvalue weighted by molar-refractivity contribution is -0.121. The summed E-state index contributed by atoms with van der Waals surface area (Å²) in [4.78, 5) is 22.1. The number of nitrogens with one attached hydrogen (secondary N) is 2. The minimum atomic E-state index is -1.41. The number of hydrogen-bond donors (Lipinski definition) is 3. The highest BCUT2D eigenvalue weighted by molar-refractivity contribution is 5.88. The maximum atomic E-state index is 13.6. The zero-order valence-electron chi connectivity index (χ0n) is 11.9. The Morgan fingerprint density at radius 2 is 1.86 bits per heavy atom. The number of rotatable bonds is 7. The van der Waals surface area contributed by atoms with Gasteiger partial charge in [-0.3, -0.25) is 4.79 Å². The molecule has 7 heteroatoms. The summed E-state index contributed by atoms with van der Waals surface area (Å²) >= 11 is 0. The van der Waals surface area contributed by atoms with Gasteiger partial charge in [0, 0.05) is 19.0 Å². The van der Waals surface area contributed by atoms with E-state index in [9.17, 15) is 18.4 Å². The van der Waals surface area contributed by atoms with Gasteiger partial charge in [0.1, 0.15) is 17.3 Å². The first-order valence-corrected chi connectivity index (χ1v) is 6.60. The van der Waals surface area contributed by atoms with Crippen molar-refractivity contribution in [1.29, 1.82) is 0 Å². The number of halogens is 2. The predicted molar refractivity (Wildman–Crippen MR) is 74.3 cm³/mol. The quantitative estimate of drug-likeness (QED) is 0.722. The first-order chi connectivity index (χ1) is 9.85. The highest BCUT2D eigenvalue weighted by Gasteiger charge is 2.14. The Morgan fingerprint density at radius 1 is 1.29 bits per heavy atom. The average Bonchev–Trinajstić information content (AvgIpc) is 2.41. The Balaban J connectivity index is 2.60. The summed E-state index contributed by atoms with van der Waals surface area (Å²) in [5, 5.41) is 13.9. The molecule has 1 aromatic rings. The second-order valence-electron chi connectivity index (χ2n) is 4.67. The Labute approximate surface area is 121 Å². The van der Waals surface area contributed by atoms with Crippen LogP contribution in [0.4, 0.5) is 14.5 Å². The van der Waals surface area contributed by atoms with Crippen LogP contribution in [0.1, 0.15) is 37.0 Å². The number of carbonyl (C=O) groups excluding carboxylic acids is 1. The van der Waals surface area contributed by atoms with E-state index in [1.807, 2.05) is 13.8 Å². The molecule has 21 heavy (non-hydrogen) atoms. The molecule has 116 valence electrons. The molecule has 0 aromatic heterocycles. The molecule has 0 heterocycles. The van der Waals surface area contributed by atoms with Crippen LogP contribution in [0.2, 0.25) is 0 Å². The van der Waals surface area contributed by atoms with Crippen molar-refractivity contribution in [3.8, 4) is 0 Å². The fraction of sp³-hybridized carbons (Fsp3) is 0.429. The van der Waals surface area contributed by atoms with Crippen LogP contribution in [-0.4, -0.2) is 29.6 Å². The van der Waals surface area contributed by atoms with E-state index in [4.69, 9.17) is 5.11 Å². The molecule has 0 saturated carbocycles. The van der Waals surface area contributed by atoms with Crippen LogP contribution in [-0.2, 0) is 4.79 Å². The summed E-state index contributed by atoms with van der Waals surface area (Å²) in [5.74, 6) is -3.64. The van der Waals surface area contributed by atoms with Crippen molar-refractivity contribution in [3.63, 3.8) is 0 Å². The van der Waals surface area contributed by atoms with Crippen molar-refractivity contribution < 1.29 is 23.5 Å². The molecule has 0 radical (unpaired) electrons. The number of carboxylic acid groups (broad SMARTS) is 1. The molecule has 5 nitrogen and oxygen atoms in total. The summed E-state index contributed by atoms with van der Waals surface area (Å²) < 4.78 is 27.2. The van der Waals surface area contributed by atoms with Gasteiger partial charge in [-0.2, -0.15) is 0 Å². The second-order valence-corrected chi connectivity index (χ2v) is 4.67. The van der Waals surface area contributed by atoms with Gasteiger partial charge in [-0.25, -0.2) is 13.6 Å². The van der Waals surface area contributed by atoms with Crippen LogP contribution in [0.3, 0.4) is 0 Å². The molecule has 0 aliphatic carbocycles. The molecule has 0 spiro atoms. The molecule has 1 aromatic carbocycles. The second kappa shape index (κ2) is 7.56. The molecular formula is C14H18F2N2O3. The number of anilines is 1. The fourth-order valence-electron chi connectivity index (χ4n) is 1.62. The van der Waals surface area contributed by atoms with Crippen LogP contribution in [0.25, 0.3) is 0 Å². The van der Waals surface area contributed by atoms with Crippen molar-refractivity contribution in [2.45, 2.75) is 32.7 Å². The van der Waals surface area contributed by atoms with Gasteiger partial charge < -0.3 is 15.7 Å². The Kier molecular flexibility index (Phi) is 6.08. The van der Waals surface area contributed by atoms with Gasteiger partial charge in [0.05, 0.1) is 5.56 Å². The number of amides is 1. The number of benzene rings is 1. The minimum Gasteiger partial charge on any atom is -0.478 e. The topological polar surface area (TPSA) is 78.4 Å². The molecule has 1 atom stereocenters. The van der Waals surface area contributed by atoms with E-state index in [-0.39, 0.29) is 24.9 Å². The maximum absolute atomic E-state index is 13.6. The third kappa shape index (κ3) is 5.02. The molecule has 0 aliphatic heterocycles. The average molecular weight is 300 g/mol. The molecule has 0 bridgehead atoms. The number of hydrogen-bond acceptors (Lipinski definition) is 3. The molecule has 1 unspecified atom stereocenters. The third-order valence-electron chi connectivity index (χ3n) is 2.96. The maximum Gasteiger partial charge on any atom is 0.335 e. The largest absolute Gasteiger partial charge is 0.478 e. The van der Waals surface area contributed by atoms with Gasteiger partial charge in [0.15, 0.2) is 0 Å². The van der Waals surface area contributed by atoms with Crippen LogP contribution in [0.5, 0.6) is 0 Å². The van der Waals surface area contributed by atoms with E-state index < -0.39 is 28.9 Å². The predicted octanol–water partition coefficient (Wildman–Crippen LogP) is 2.38. The Morgan fingerprint density at radius 3 is 2.33 bits per heavy atom. The molecule has 0 aliphatic rings. The molecule has 1 rings (SSSR count). The van der Waals surface area contributed by atoms with Gasteiger partial charge in [-0.1, -0.05) is 6.92 Å². The van der Waals surface area contributed by atoms with E-state index in [1.54, 1.807) is 0 Å². The first-order valence-electron chi connectivity index (χ1n) is 6.60. The van der Waals surface area contributed by atoms with Gasteiger partial charge in [0.2, 0.25) is 5.91 Å². The molecule has 3 N–H and O–H groups in total. The van der Waals surface area contributed by atoms with E-state index in [0.29, 0.717) is 0 Å². The van der Waals surface area contributed by atoms with Gasteiger partial charge in [0.25, 0.3) is 0 Å². The van der Waals surface area contributed by atoms with Crippen LogP contribution >= 0.6 is 0 Å². The molecular weight excluding hydrogens is 282 g/mol. The summed E-state index contributed by atoms with van der Waals surface area (Å²) in [5.41, 5.74) is -0.901. The third-order valence-corrected chi connectivity index (χ3v) is 2.96. The number of carbonyl (C=O) groups is 2. The minimum absolute atomic E-state index is 0.0424. The van der Waals surface area contributed by atoms with Gasteiger partial charge in [-0.15, -0.1) is 0 Å². The first kappa shape index (κ1) is 16.9. The lowest BCUT2D eigenvalue weighted by Crippen LogP contribution is -2.33. The van der Waals surface area contributed by atoms with Crippen molar-refractivity contribution >= 4 is 17.6 Å². The summed E-state index contributed by atoms with van der Waals surface area (Å²) in [6, 6.07) is 1.50. The van der Waals surface area contributed by atoms with Crippen LogP contribution in [0, 0.1) is 11.6 Å². The SMILES string of the molecule is CCC(C)NC(=O)CCNc1c(F)cc(C(=O)O)cc1F. The van der Waals surface area contributed by atoms with Gasteiger partial charge in [-0.05, 0) is 25.5 Å². The van der Waals surface area contributed by atoms with Crippen molar-refractivity contribution in [2.75, 3.05) is 11.9 Å². The van der Waals surface area contributed by atoms with Crippen LogP contribution in [0.15, 0.2) is 12.1 Å². The standard InChI is InChI=1S/C14H18F2N2O3/c1-3-8(2)18-12(19)4-5-17-13-10(15)6-9(14(20)21)7-11(13)16/h6-8,17H,3-5H2,1-2H3,(H,18,19)(H,20,21). The number of carboxylic acids is 1. The lowest BCUT2D eigenvalue weighted by atomic mass is 10.2. The normalized spacial score (nSPS) is 11.8. The Hall–Kier alpha value is -2.18. The van der Waals surface area contributed by atoms with Crippen LogP contribution < -0.4 is 10.6 Å². The van der Waals surface area contributed by atoms with E-state index in [2.05, 4.69) is 10.6 Å². The molecule has 0 fully saturated rings. The highest BCUT2D eigenvalue weighted by Crippen LogP contribution is 2.20. The zero-order chi connectivity index (χ0) is 16.0. The van der Waals surface area contributed by atoms with E-state index >= 15 is 0 Å². The smallest absolute Gasteiger partial charge is 0.335 e. The monoisotopic (exact) mass is 300 g/mol. The molecule has 1 amide bonds. The Bertz CT molecular complexity index is 512. The fourth-order valence-corrected chi connectivity index (χ4v) is 1.62. The lowest BCUT2D eigenvalue weighted by Gasteiger charge is -2.12. The van der Waals surface area contributed by atoms with Crippen molar-refractivity contribution in [1.82, 2.24) is 5.32 Å². The summed E-state index contributed by atoms with van der Waals surface area (Å²) in [7, 11) is 0. The van der Waals surface area contributed by atoms with E-state index in [0.717, 1.165) is 18.6 Å². The van der Waals surface area contributed by atoms with E-state index in [1.165, 1.54) is 0 Å². The highest BCUT2D eigenvalue weighted by atomic mass is 19.1. The van der Waals surface area contributed by atoms with Crippen molar-refractivity contribution in [2.24, 2.45) is 0 Å².